The van der Waals surface area contributed by atoms with Crippen LogP contribution in [-0.2, 0) is 4.79 Å². The van der Waals surface area contributed by atoms with Crippen molar-refractivity contribution in [3.8, 4) is 0 Å². The van der Waals surface area contributed by atoms with Crippen LogP contribution in [0.25, 0.3) is 0 Å². The van der Waals surface area contributed by atoms with E-state index in [1.165, 1.54) is 0 Å². The highest BCUT2D eigenvalue weighted by molar-refractivity contribution is 5.81. The topological polar surface area (TPSA) is 69.6 Å². The first-order valence-corrected chi connectivity index (χ1v) is 11.1. The van der Waals surface area contributed by atoms with Gasteiger partial charge < -0.3 is 15.5 Å². The van der Waals surface area contributed by atoms with Gasteiger partial charge in [0.1, 0.15) is 0 Å². The van der Waals surface area contributed by atoms with Crippen molar-refractivity contribution in [2.45, 2.75) is 78.0 Å². The van der Waals surface area contributed by atoms with Crippen LogP contribution in [0.15, 0.2) is 0 Å². The first-order chi connectivity index (χ1) is 13.4. The molecule has 3 rings (SSSR count). The van der Waals surface area contributed by atoms with Crippen molar-refractivity contribution in [1.29, 1.82) is 0 Å². The van der Waals surface area contributed by atoms with Crippen molar-refractivity contribution in [2.24, 2.45) is 40.4 Å². The van der Waals surface area contributed by atoms with Gasteiger partial charge in [-0.2, -0.15) is 13.2 Å². The van der Waals surface area contributed by atoms with Gasteiger partial charge in [-0.15, -0.1) is 0 Å². The van der Waals surface area contributed by atoms with Gasteiger partial charge in [-0.05, 0) is 85.4 Å². The fraction of sp³-hybridized carbons (Fsp3) is 0.955. The second-order valence-corrected chi connectivity index (χ2v) is 10.4. The molecule has 3 fully saturated rings. The van der Waals surface area contributed by atoms with Crippen LogP contribution in [0.5, 0.6) is 0 Å². The van der Waals surface area contributed by atoms with Crippen molar-refractivity contribution < 1.29 is 28.2 Å². The molecule has 0 bridgehead atoms. The zero-order valence-corrected chi connectivity index (χ0v) is 17.8. The summed E-state index contributed by atoms with van der Waals surface area (Å²) < 4.78 is 38.5. The first-order valence-electron chi connectivity index (χ1n) is 11.1. The summed E-state index contributed by atoms with van der Waals surface area (Å²) in [6.45, 7) is 6.65. The first kappa shape index (κ1) is 22.9. The number of alkyl halides is 3. The van der Waals surface area contributed by atoms with Gasteiger partial charge in [0.2, 0.25) is 0 Å². The standard InChI is InChI=1S/C22H36F3NO3/c1-13-4-5-17-16(11-26-19(29)22(23,24)25)18(7-9-20(13,17)2)21(3)8-6-15(28)10-14(21)12-27/h13-18,27-28H,4-12H2,1-3H3,(H,26,29)/t13-,14+,15-,16-,17-,18-,20+,21-/m0/s1. The molecule has 3 N–H and O–H groups in total. The predicted molar refractivity (Wildman–Crippen MR) is 104 cm³/mol. The van der Waals surface area contributed by atoms with E-state index in [1.54, 1.807) is 0 Å². The van der Waals surface area contributed by atoms with E-state index < -0.39 is 18.2 Å². The summed E-state index contributed by atoms with van der Waals surface area (Å²) in [4.78, 5) is 11.6. The largest absolute Gasteiger partial charge is 0.471 e. The maximum atomic E-state index is 12.8. The molecule has 0 aromatic carbocycles. The predicted octanol–water partition coefficient (Wildman–Crippen LogP) is 3.90. The second-order valence-electron chi connectivity index (χ2n) is 10.4. The molecule has 0 spiro atoms. The number of halogens is 3. The highest BCUT2D eigenvalue weighted by atomic mass is 19.4. The minimum absolute atomic E-state index is 0.0238. The molecule has 7 heteroatoms. The molecule has 168 valence electrons. The van der Waals surface area contributed by atoms with Gasteiger partial charge in [0.25, 0.3) is 0 Å². The minimum Gasteiger partial charge on any atom is -0.396 e. The Bertz CT molecular complexity index is 613. The van der Waals surface area contributed by atoms with Crippen LogP contribution in [0.3, 0.4) is 0 Å². The number of hydrogen-bond donors (Lipinski definition) is 3. The third-order valence-corrected chi connectivity index (χ3v) is 9.24. The summed E-state index contributed by atoms with van der Waals surface area (Å²) in [6, 6.07) is 0. The molecule has 0 aliphatic heterocycles. The van der Waals surface area contributed by atoms with Crippen LogP contribution in [-0.4, -0.2) is 41.6 Å². The molecule has 0 unspecified atom stereocenters. The number of aliphatic hydroxyl groups is 2. The van der Waals surface area contributed by atoms with Gasteiger partial charge in [0, 0.05) is 13.2 Å². The molecule has 1 amide bonds. The van der Waals surface area contributed by atoms with E-state index in [-0.39, 0.29) is 47.7 Å². The maximum absolute atomic E-state index is 12.8. The number of rotatable bonds is 4. The molecule has 0 saturated heterocycles. The third-order valence-electron chi connectivity index (χ3n) is 9.24. The number of carbonyl (C=O) groups excluding carboxylic acids is 1. The molecule has 3 aliphatic rings. The second kappa shape index (κ2) is 8.03. The van der Waals surface area contributed by atoms with Crippen molar-refractivity contribution in [3.05, 3.63) is 0 Å². The number of aliphatic hydroxyl groups excluding tert-OH is 2. The van der Waals surface area contributed by atoms with Crippen LogP contribution in [0.4, 0.5) is 13.2 Å². The minimum atomic E-state index is -4.87. The van der Waals surface area contributed by atoms with E-state index in [0.29, 0.717) is 18.8 Å². The molecule has 0 radical (unpaired) electrons. The number of amides is 1. The molecule has 0 heterocycles. The molecule has 0 aromatic rings. The van der Waals surface area contributed by atoms with Crippen LogP contribution in [0.1, 0.15) is 65.7 Å². The Labute approximate surface area is 171 Å². The number of hydrogen-bond acceptors (Lipinski definition) is 3. The zero-order valence-electron chi connectivity index (χ0n) is 17.8. The van der Waals surface area contributed by atoms with Gasteiger partial charge in [0.05, 0.1) is 6.10 Å². The molecule has 3 saturated carbocycles. The van der Waals surface area contributed by atoms with Crippen LogP contribution in [0.2, 0.25) is 0 Å². The van der Waals surface area contributed by atoms with Crippen molar-refractivity contribution in [2.75, 3.05) is 13.2 Å². The quantitative estimate of drug-likeness (QED) is 0.647. The van der Waals surface area contributed by atoms with Gasteiger partial charge in [-0.3, -0.25) is 4.79 Å². The lowest BCUT2D eigenvalue weighted by Gasteiger charge is -2.57. The summed E-state index contributed by atoms with van der Waals surface area (Å²) >= 11 is 0. The molecule has 0 aromatic heterocycles. The normalized spacial score (nSPS) is 45.7. The van der Waals surface area contributed by atoms with E-state index in [9.17, 15) is 28.2 Å². The Hall–Kier alpha value is -0.820. The van der Waals surface area contributed by atoms with Gasteiger partial charge in [-0.25, -0.2) is 0 Å². The Kier molecular flexibility index (Phi) is 6.32. The lowest BCUT2D eigenvalue weighted by Crippen LogP contribution is -2.54. The lowest BCUT2D eigenvalue weighted by atomic mass is 9.49. The third kappa shape index (κ3) is 4.06. The summed E-state index contributed by atoms with van der Waals surface area (Å²) in [7, 11) is 0. The number of nitrogens with one attached hydrogen (secondary N) is 1. The fourth-order valence-corrected chi connectivity index (χ4v) is 7.13. The average molecular weight is 420 g/mol. The monoisotopic (exact) mass is 419 g/mol. The summed E-state index contributed by atoms with van der Waals surface area (Å²) in [5.41, 5.74) is -0.155. The zero-order chi connectivity index (χ0) is 21.6. The Balaban J connectivity index is 1.89. The van der Waals surface area contributed by atoms with E-state index in [4.69, 9.17) is 0 Å². The SMILES string of the molecule is C[C@H]1CC[C@H]2[C@H](CNC(=O)C(F)(F)F)[C@@H]([C@@]3(C)CC[C@H](O)C[C@@H]3CO)CC[C@]12C. The molecular weight excluding hydrogens is 383 g/mol. The Morgan fingerprint density at radius 1 is 1.07 bits per heavy atom. The fourth-order valence-electron chi connectivity index (χ4n) is 7.13. The number of carbonyl (C=O) groups is 1. The molecule has 3 aliphatic carbocycles. The molecular formula is C22H36F3NO3. The smallest absolute Gasteiger partial charge is 0.396 e. The van der Waals surface area contributed by atoms with E-state index in [1.807, 2.05) is 0 Å². The Morgan fingerprint density at radius 3 is 2.31 bits per heavy atom. The summed E-state index contributed by atoms with van der Waals surface area (Å²) in [5, 5.41) is 22.3. The highest BCUT2D eigenvalue weighted by Gasteiger charge is 2.57. The van der Waals surface area contributed by atoms with E-state index in [2.05, 4.69) is 26.1 Å². The summed E-state index contributed by atoms with van der Waals surface area (Å²) in [6.07, 6.45) is 0.614. The maximum Gasteiger partial charge on any atom is 0.471 e. The van der Waals surface area contributed by atoms with Crippen LogP contribution < -0.4 is 5.32 Å². The Morgan fingerprint density at radius 2 is 1.69 bits per heavy atom. The summed E-state index contributed by atoms with van der Waals surface area (Å²) in [5.74, 6) is -1.06. The van der Waals surface area contributed by atoms with Gasteiger partial charge in [-0.1, -0.05) is 20.8 Å². The molecule has 4 nitrogen and oxygen atoms in total. The van der Waals surface area contributed by atoms with E-state index >= 15 is 0 Å². The lowest BCUT2D eigenvalue weighted by molar-refractivity contribution is -0.174. The average Bonchev–Trinajstić information content (AvgIpc) is 2.95. The molecule has 29 heavy (non-hydrogen) atoms. The number of fused-ring (bicyclic) bond motifs is 1. The van der Waals surface area contributed by atoms with Crippen LogP contribution >= 0.6 is 0 Å². The molecule has 8 atom stereocenters. The van der Waals surface area contributed by atoms with Crippen molar-refractivity contribution >= 4 is 5.91 Å². The van der Waals surface area contributed by atoms with E-state index in [0.717, 1.165) is 32.1 Å². The van der Waals surface area contributed by atoms with Crippen molar-refractivity contribution in [3.63, 3.8) is 0 Å². The van der Waals surface area contributed by atoms with Crippen LogP contribution in [0, 0.1) is 40.4 Å². The van der Waals surface area contributed by atoms with Gasteiger partial charge in [0.15, 0.2) is 0 Å². The van der Waals surface area contributed by atoms with Gasteiger partial charge >= 0.3 is 12.1 Å². The van der Waals surface area contributed by atoms with Crippen molar-refractivity contribution in [1.82, 2.24) is 5.32 Å². The highest BCUT2D eigenvalue weighted by Crippen LogP contribution is 2.63.